The SMILES string of the molecule is Cc1oc(-c2ccccc2)nc1CCOc1cccc(C[C@@H]2C(O)N(c3cccc(C(F)(F)F)c3)[C@H]2CC(=O)O)c1. The van der Waals surface area contributed by atoms with Crippen molar-refractivity contribution in [2.45, 2.75) is 44.6 Å². The van der Waals surface area contributed by atoms with E-state index in [0.29, 0.717) is 31.1 Å². The Labute approximate surface area is 234 Å². The van der Waals surface area contributed by atoms with E-state index >= 15 is 0 Å². The van der Waals surface area contributed by atoms with Crippen LogP contribution in [0.3, 0.4) is 0 Å². The number of carboxylic acid groups (broad SMARTS) is 1. The second-order valence-corrected chi connectivity index (χ2v) is 10.0. The number of ether oxygens (including phenoxy) is 1. The molecule has 2 N–H and O–H groups in total. The van der Waals surface area contributed by atoms with Gasteiger partial charge < -0.3 is 24.3 Å². The molecule has 3 atom stereocenters. The van der Waals surface area contributed by atoms with Gasteiger partial charge in [0.2, 0.25) is 5.89 Å². The Morgan fingerprint density at radius 1 is 1.05 bits per heavy atom. The van der Waals surface area contributed by atoms with Crippen LogP contribution in [-0.2, 0) is 23.8 Å². The van der Waals surface area contributed by atoms with Crippen LogP contribution in [0.1, 0.15) is 29.0 Å². The predicted molar refractivity (Wildman–Crippen MR) is 145 cm³/mol. The molecule has 1 aromatic heterocycles. The number of benzene rings is 3. The molecule has 0 amide bonds. The van der Waals surface area contributed by atoms with Crippen LogP contribution in [0.4, 0.5) is 18.9 Å². The molecule has 5 rings (SSSR count). The summed E-state index contributed by atoms with van der Waals surface area (Å²) in [5.41, 5.74) is 1.77. The molecule has 0 radical (unpaired) electrons. The third-order valence-electron chi connectivity index (χ3n) is 7.27. The molecule has 41 heavy (non-hydrogen) atoms. The molecule has 1 unspecified atom stereocenters. The number of anilines is 1. The molecular weight excluding hydrogens is 537 g/mol. The van der Waals surface area contributed by atoms with Gasteiger partial charge in [-0.3, -0.25) is 4.79 Å². The number of hydrogen-bond donors (Lipinski definition) is 2. The van der Waals surface area contributed by atoms with E-state index in [-0.39, 0.29) is 12.1 Å². The van der Waals surface area contributed by atoms with E-state index in [1.54, 1.807) is 12.1 Å². The van der Waals surface area contributed by atoms with Gasteiger partial charge in [0.1, 0.15) is 17.7 Å². The van der Waals surface area contributed by atoms with Crippen molar-refractivity contribution in [3.63, 3.8) is 0 Å². The minimum absolute atomic E-state index is 0.130. The summed E-state index contributed by atoms with van der Waals surface area (Å²) in [6.07, 6.45) is -5.16. The average Bonchev–Trinajstić information content (AvgIpc) is 3.32. The maximum Gasteiger partial charge on any atom is 0.416 e. The van der Waals surface area contributed by atoms with E-state index in [9.17, 15) is 28.2 Å². The Balaban J connectivity index is 1.23. The number of rotatable bonds is 10. The van der Waals surface area contributed by atoms with E-state index in [2.05, 4.69) is 4.98 Å². The molecule has 1 aliphatic heterocycles. The lowest BCUT2D eigenvalue weighted by molar-refractivity contribution is -0.140. The van der Waals surface area contributed by atoms with E-state index in [4.69, 9.17) is 9.15 Å². The van der Waals surface area contributed by atoms with Gasteiger partial charge in [0.25, 0.3) is 0 Å². The molecular formula is C31H29F3N2O5. The second kappa shape index (κ2) is 11.7. The Bertz CT molecular complexity index is 1510. The van der Waals surface area contributed by atoms with Gasteiger partial charge >= 0.3 is 12.1 Å². The third kappa shape index (κ3) is 6.38. The Morgan fingerprint density at radius 2 is 1.80 bits per heavy atom. The van der Waals surface area contributed by atoms with Gasteiger partial charge in [-0.1, -0.05) is 36.4 Å². The number of oxazole rings is 1. The summed E-state index contributed by atoms with van der Waals surface area (Å²) in [7, 11) is 0. The van der Waals surface area contributed by atoms with E-state index in [1.807, 2.05) is 49.4 Å². The number of aromatic nitrogens is 1. The second-order valence-electron chi connectivity index (χ2n) is 10.0. The van der Waals surface area contributed by atoms with Gasteiger partial charge in [-0.25, -0.2) is 4.98 Å². The van der Waals surface area contributed by atoms with Crippen molar-refractivity contribution in [1.29, 1.82) is 0 Å². The minimum Gasteiger partial charge on any atom is -0.493 e. The topological polar surface area (TPSA) is 96.0 Å². The van der Waals surface area contributed by atoms with Crippen molar-refractivity contribution in [3.8, 4) is 17.2 Å². The molecule has 1 saturated heterocycles. The number of halogens is 3. The minimum atomic E-state index is -4.55. The number of nitrogens with zero attached hydrogens (tertiary/aromatic N) is 2. The zero-order valence-electron chi connectivity index (χ0n) is 22.2. The van der Waals surface area contributed by atoms with Crippen LogP contribution in [0.5, 0.6) is 5.75 Å². The first-order chi connectivity index (χ1) is 19.6. The lowest BCUT2D eigenvalue weighted by Gasteiger charge is -2.54. The van der Waals surface area contributed by atoms with Crippen LogP contribution in [0.25, 0.3) is 11.5 Å². The smallest absolute Gasteiger partial charge is 0.416 e. The fourth-order valence-corrected chi connectivity index (χ4v) is 5.23. The van der Waals surface area contributed by atoms with Crippen LogP contribution < -0.4 is 9.64 Å². The summed E-state index contributed by atoms with van der Waals surface area (Å²) in [4.78, 5) is 17.5. The van der Waals surface area contributed by atoms with Gasteiger partial charge in [0, 0.05) is 29.6 Å². The summed E-state index contributed by atoms with van der Waals surface area (Å²) < 4.78 is 51.5. The van der Waals surface area contributed by atoms with Crippen LogP contribution in [0.15, 0.2) is 83.3 Å². The number of aryl methyl sites for hydroxylation is 1. The Hall–Kier alpha value is -4.31. The summed E-state index contributed by atoms with van der Waals surface area (Å²) in [6.45, 7) is 2.21. The Kier molecular flexibility index (Phi) is 8.03. The lowest BCUT2D eigenvalue weighted by Crippen LogP contribution is -2.65. The van der Waals surface area contributed by atoms with Crippen LogP contribution >= 0.6 is 0 Å². The molecule has 3 aromatic carbocycles. The first-order valence-corrected chi connectivity index (χ1v) is 13.2. The Morgan fingerprint density at radius 3 is 2.54 bits per heavy atom. The zero-order valence-corrected chi connectivity index (χ0v) is 22.2. The highest BCUT2D eigenvalue weighted by molar-refractivity contribution is 5.70. The molecule has 1 fully saturated rings. The fraction of sp³-hybridized carbons (Fsp3) is 0.290. The molecule has 1 aliphatic rings. The number of aliphatic hydroxyl groups excluding tert-OH is 1. The van der Waals surface area contributed by atoms with E-state index in [0.717, 1.165) is 34.7 Å². The van der Waals surface area contributed by atoms with Crippen molar-refractivity contribution in [1.82, 2.24) is 4.98 Å². The molecule has 7 nitrogen and oxygen atoms in total. The predicted octanol–water partition coefficient (Wildman–Crippen LogP) is 6.13. The van der Waals surface area contributed by atoms with Gasteiger partial charge in [0.15, 0.2) is 0 Å². The number of aliphatic carboxylic acids is 1. The normalized spacial score (nSPS) is 18.7. The van der Waals surface area contributed by atoms with Crippen molar-refractivity contribution in [2.75, 3.05) is 11.5 Å². The number of hydrogen-bond acceptors (Lipinski definition) is 6. The highest BCUT2D eigenvalue weighted by atomic mass is 19.4. The molecule has 0 spiro atoms. The van der Waals surface area contributed by atoms with Crippen molar-refractivity contribution < 1.29 is 37.3 Å². The molecule has 0 bridgehead atoms. The number of carbonyl (C=O) groups is 1. The number of carboxylic acids is 1. The maximum atomic E-state index is 13.2. The maximum absolute atomic E-state index is 13.2. The molecule has 214 valence electrons. The van der Waals surface area contributed by atoms with Crippen LogP contribution in [0.2, 0.25) is 0 Å². The zero-order chi connectivity index (χ0) is 29.1. The monoisotopic (exact) mass is 566 g/mol. The summed E-state index contributed by atoms with van der Waals surface area (Å²) in [6, 6.07) is 20.8. The largest absolute Gasteiger partial charge is 0.493 e. The van der Waals surface area contributed by atoms with E-state index < -0.39 is 35.9 Å². The van der Waals surface area contributed by atoms with Gasteiger partial charge in [-0.15, -0.1) is 0 Å². The average molecular weight is 567 g/mol. The first-order valence-electron chi connectivity index (χ1n) is 13.2. The standard InChI is InChI=1S/C31H29F3N2O5/c1-19-26(35-29(41-19)21-8-3-2-4-9-21)13-14-40-24-12-5-7-20(15-24)16-25-27(18-28(37)38)36(30(25)39)23-11-6-10-22(17-23)31(32,33)34/h2-12,15,17,25,27,30,39H,13-14,16,18H2,1H3,(H,37,38)/t25-,27-,30?/m0/s1. The van der Waals surface area contributed by atoms with Crippen LogP contribution in [0, 0.1) is 12.8 Å². The van der Waals surface area contributed by atoms with E-state index in [1.165, 1.54) is 17.0 Å². The van der Waals surface area contributed by atoms with Gasteiger partial charge in [-0.05, 0) is 61.4 Å². The summed E-state index contributed by atoms with van der Waals surface area (Å²) in [5, 5.41) is 20.4. The first kappa shape index (κ1) is 28.2. The molecule has 4 aromatic rings. The van der Waals surface area contributed by atoms with Gasteiger partial charge in [0.05, 0.1) is 24.3 Å². The summed E-state index contributed by atoms with van der Waals surface area (Å²) in [5.74, 6) is 0.277. The fourth-order valence-electron chi connectivity index (χ4n) is 5.23. The molecule has 0 aliphatic carbocycles. The quantitative estimate of drug-likeness (QED) is 0.238. The highest BCUT2D eigenvalue weighted by Crippen LogP contribution is 2.42. The van der Waals surface area contributed by atoms with Crippen molar-refractivity contribution in [3.05, 3.63) is 101 Å². The molecule has 0 saturated carbocycles. The van der Waals surface area contributed by atoms with Crippen LogP contribution in [-0.4, -0.2) is 40.0 Å². The third-order valence-corrected chi connectivity index (χ3v) is 7.27. The van der Waals surface area contributed by atoms with Gasteiger partial charge in [-0.2, -0.15) is 13.2 Å². The summed E-state index contributed by atoms with van der Waals surface area (Å²) >= 11 is 0. The number of aliphatic hydroxyl groups is 1. The highest BCUT2D eigenvalue weighted by Gasteiger charge is 2.48. The molecule has 10 heteroatoms. The van der Waals surface area contributed by atoms with Crippen molar-refractivity contribution in [2.24, 2.45) is 5.92 Å². The van der Waals surface area contributed by atoms with Crippen molar-refractivity contribution >= 4 is 11.7 Å². The lowest BCUT2D eigenvalue weighted by atomic mass is 9.79. The number of alkyl halides is 3. The molecule has 2 heterocycles.